The van der Waals surface area contributed by atoms with Crippen LogP contribution < -0.4 is 0 Å². The fourth-order valence-corrected chi connectivity index (χ4v) is 2.67. The van der Waals surface area contributed by atoms with E-state index in [-0.39, 0.29) is 0 Å². The van der Waals surface area contributed by atoms with E-state index in [1.807, 2.05) is 6.07 Å². The Hall–Kier alpha value is -0.190. The maximum absolute atomic E-state index is 12.4. The average molecular weight is 270 g/mol. The van der Waals surface area contributed by atoms with Gasteiger partial charge in [0.2, 0.25) is 0 Å². The molecule has 0 unspecified atom stereocenters. The van der Waals surface area contributed by atoms with Gasteiger partial charge in [-0.25, -0.2) is 0 Å². The molecule has 0 nitrogen and oxygen atoms in total. The van der Waals surface area contributed by atoms with E-state index in [0.717, 1.165) is 11.1 Å². The van der Waals surface area contributed by atoms with Crippen molar-refractivity contribution in [3.05, 3.63) is 32.9 Å². The zero-order valence-electron chi connectivity index (χ0n) is 6.37. The van der Waals surface area contributed by atoms with Crippen molar-refractivity contribution in [3.8, 4) is 0 Å². The molecule has 1 aromatic rings. The van der Waals surface area contributed by atoms with Crippen LogP contribution in [0.5, 0.6) is 0 Å². The summed E-state index contributed by atoms with van der Waals surface area (Å²) in [4.78, 5) is 0. The summed E-state index contributed by atoms with van der Waals surface area (Å²) in [7, 11) is 0. The molecule has 0 fully saturated rings. The first-order valence-electron chi connectivity index (χ1n) is 3.22. The monoisotopic (exact) mass is 270 g/mol. The molecule has 0 aliphatic rings. The first-order valence-corrected chi connectivity index (χ1v) is 5.93. The molecule has 0 spiro atoms. The Morgan fingerprint density at radius 3 is 1.82 bits per heavy atom. The Bertz CT molecular complexity index is 238. The van der Waals surface area contributed by atoms with Crippen LogP contribution in [0.25, 0.3) is 0 Å². The second-order valence-electron chi connectivity index (χ2n) is 2.40. The predicted molar refractivity (Wildman–Crippen MR) is 50.8 cm³/mol. The number of hydrogen-bond acceptors (Lipinski definition) is 0. The molecule has 0 bridgehead atoms. The fourth-order valence-electron chi connectivity index (χ4n) is 1.02. The summed E-state index contributed by atoms with van der Waals surface area (Å²) in [5.41, 5.74) is 1.47. The summed E-state index contributed by atoms with van der Waals surface area (Å²) in [6, 6.07) is 5.30. The van der Waals surface area contributed by atoms with Crippen LogP contribution in [0.4, 0.5) is 5.72 Å². The van der Waals surface area contributed by atoms with E-state index >= 15 is 0 Å². The second-order valence-corrected chi connectivity index (χ2v) is 4.61. The molecule has 0 atom stereocenters. The Balaban J connectivity index is 3.21. The number of benzene rings is 1. The van der Waals surface area contributed by atoms with Gasteiger partial charge in [0.15, 0.2) is 0 Å². The molecule has 0 saturated carbocycles. The molecule has 1 aromatic carbocycles. The topological polar surface area (TPSA) is 0 Å². The number of hydrogen-bond donors (Lipinski definition) is 0. The summed E-state index contributed by atoms with van der Waals surface area (Å²) in [6.45, 7) is 3.48. The van der Waals surface area contributed by atoms with Crippen molar-refractivity contribution in [1.82, 2.24) is 0 Å². The SMILES string of the molecule is Cc1cccc(C)c1I(F)F. The first-order chi connectivity index (χ1) is 5.13. The molecule has 1 rings (SSSR count). The van der Waals surface area contributed by atoms with Crippen molar-refractivity contribution in [2.45, 2.75) is 13.8 Å². The van der Waals surface area contributed by atoms with Gasteiger partial charge in [0.25, 0.3) is 0 Å². The second kappa shape index (κ2) is 3.47. The van der Waals surface area contributed by atoms with Crippen LogP contribution >= 0.6 is 21.0 Å². The van der Waals surface area contributed by atoms with E-state index in [4.69, 9.17) is 0 Å². The Labute approximate surface area is 73.6 Å². The van der Waals surface area contributed by atoms with E-state index in [1.165, 1.54) is 0 Å². The summed E-state index contributed by atoms with van der Waals surface area (Å²) in [5, 5.41) is 0. The third kappa shape index (κ3) is 1.89. The minimum atomic E-state index is -3.77. The molecule has 0 aliphatic heterocycles. The first kappa shape index (κ1) is 8.90. The van der Waals surface area contributed by atoms with E-state index in [1.54, 1.807) is 26.0 Å². The van der Waals surface area contributed by atoms with Crippen LogP contribution in [-0.4, -0.2) is 0 Å². The standard InChI is InChI=1S/C8H9F2I/c1-6-4-3-5-7(2)8(6)11(9)10/h3-5H,1-2H3. The van der Waals surface area contributed by atoms with Gasteiger partial charge in [-0.15, -0.1) is 0 Å². The summed E-state index contributed by atoms with van der Waals surface area (Å²) >= 11 is -3.77. The molecule has 0 aromatic heterocycles. The van der Waals surface area contributed by atoms with Gasteiger partial charge in [0.1, 0.15) is 0 Å². The van der Waals surface area contributed by atoms with Gasteiger partial charge in [-0.3, -0.25) is 0 Å². The molecule has 0 amide bonds. The minimum absolute atomic E-state index is 0.330. The zero-order chi connectivity index (χ0) is 8.43. The van der Waals surface area contributed by atoms with Gasteiger partial charge < -0.3 is 0 Å². The molecule has 62 valence electrons. The zero-order valence-corrected chi connectivity index (χ0v) is 8.52. The third-order valence-electron chi connectivity index (χ3n) is 1.53. The summed E-state index contributed by atoms with van der Waals surface area (Å²) in [5.74, 6) is 0. The van der Waals surface area contributed by atoms with E-state index < -0.39 is 21.0 Å². The van der Waals surface area contributed by atoms with Crippen molar-refractivity contribution in [2.24, 2.45) is 0 Å². The van der Waals surface area contributed by atoms with Crippen molar-refractivity contribution < 1.29 is 5.72 Å². The van der Waals surface area contributed by atoms with Crippen LogP contribution in [0.2, 0.25) is 0 Å². The molecule has 0 saturated heterocycles. The molecule has 0 radical (unpaired) electrons. The Morgan fingerprint density at radius 1 is 1.09 bits per heavy atom. The van der Waals surface area contributed by atoms with Crippen molar-refractivity contribution in [1.29, 1.82) is 0 Å². The third-order valence-corrected chi connectivity index (χ3v) is 4.04. The van der Waals surface area contributed by atoms with Crippen molar-refractivity contribution >= 4 is 21.0 Å². The van der Waals surface area contributed by atoms with Crippen LogP contribution in [0, 0.1) is 17.4 Å². The maximum atomic E-state index is 12.4. The molecular weight excluding hydrogens is 261 g/mol. The van der Waals surface area contributed by atoms with E-state index in [0.29, 0.717) is 3.57 Å². The fraction of sp³-hybridized carbons (Fsp3) is 0.250. The molecule has 0 aliphatic carbocycles. The van der Waals surface area contributed by atoms with Gasteiger partial charge in [-0.1, -0.05) is 0 Å². The Kier molecular flexibility index (Phi) is 2.81. The van der Waals surface area contributed by atoms with Crippen LogP contribution in [0.3, 0.4) is 0 Å². The van der Waals surface area contributed by atoms with Crippen LogP contribution in [-0.2, 0) is 0 Å². The number of aryl methyl sites for hydroxylation is 2. The van der Waals surface area contributed by atoms with Gasteiger partial charge in [-0.05, 0) is 0 Å². The van der Waals surface area contributed by atoms with Gasteiger partial charge in [-0.2, -0.15) is 0 Å². The van der Waals surface area contributed by atoms with Crippen LogP contribution in [0.1, 0.15) is 11.1 Å². The van der Waals surface area contributed by atoms with Gasteiger partial charge in [0.05, 0.1) is 0 Å². The molecule has 0 heterocycles. The van der Waals surface area contributed by atoms with Gasteiger partial charge in [0, 0.05) is 0 Å². The number of halogens is 3. The quantitative estimate of drug-likeness (QED) is 0.682. The number of rotatable bonds is 1. The molecular formula is C8H9F2I. The summed E-state index contributed by atoms with van der Waals surface area (Å²) < 4.78 is 25.2. The van der Waals surface area contributed by atoms with E-state index in [9.17, 15) is 5.72 Å². The molecule has 3 heteroatoms. The van der Waals surface area contributed by atoms with Gasteiger partial charge >= 0.3 is 73.4 Å². The normalized spacial score (nSPS) is 11.5. The molecule has 11 heavy (non-hydrogen) atoms. The predicted octanol–water partition coefficient (Wildman–Crippen LogP) is 3.75. The molecule has 0 N–H and O–H groups in total. The van der Waals surface area contributed by atoms with Crippen LogP contribution in [0.15, 0.2) is 18.2 Å². The van der Waals surface area contributed by atoms with Crippen molar-refractivity contribution in [2.75, 3.05) is 0 Å². The van der Waals surface area contributed by atoms with E-state index in [2.05, 4.69) is 0 Å². The average Bonchev–Trinajstić information content (AvgIpc) is 1.85. The van der Waals surface area contributed by atoms with Crippen molar-refractivity contribution in [3.63, 3.8) is 0 Å². The Morgan fingerprint density at radius 2 is 1.55 bits per heavy atom. The summed E-state index contributed by atoms with van der Waals surface area (Å²) in [6.07, 6.45) is 0.